The van der Waals surface area contributed by atoms with Gasteiger partial charge in [0.2, 0.25) is 5.91 Å². The largest absolute Gasteiger partial charge is 0.356 e. The molecule has 1 aromatic heterocycles. The standard InChI is InChI=1S/C17H16ClN5O3/c1-22-14(24)10-26-16(15(22)11-2-4-12(18)5-3-11)17(25)20-13-6-8-23(21-13)9-7-19/h2-6,8,15-16H,9-10H2,1H3,(H,20,21,25). The van der Waals surface area contributed by atoms with Gasteiger partial charge >= 0.3 is 0 Å². The van der Waals surface area contributed by atoms with E-state index in [4.69, 9.17) is 21.6 Å². The lowest BCUT2D eigenvalue weighted by molar-refractivity contribution is -0.160. The minimum Gasteiger partial charge on any atom is -0.356 e. The number of morpholine rings is 1. The van der Waals surface area contributed by atoms with Gasteiger partial charge in [0, 0.05) is 24.3 Å². The molecule has 26 heavy (non-hydrogen) atoms. The molecule has 0 aliphatic carbocycles. The van der Waals surface area contributed by atoms with E-state index < -0.39 is 18.1 Å². The number of carbonyl (C=O) groups excluding carboxylic acids is 2. The number of anilines is 1. The van der Waals surface area contributed by atoms with Crippen molar-refractivity contribution in [3.8, 4) is 6.07 Å². The Morgan fingerprint density at radius 3 is 2.85 bits per heavy atom. The third kappa shape index (κ3) is 3.69. The van der Waals surface area contributed by atoms with Crippen molar-refractivity contribution < 1.29 is 14.3 Å². The zero-order valence-corrected chi connectivity index (χ0v) is 14.7. The van der Waals surface area contributed by atoms with E-state index in [-0.39, 0.29) is 19.1 Å². The van der Waals surface area contributed by atoms with Crippen molar-refractivity contribution in [3.05, 3.63) is 47.1 Å². The number of ether oxygens (including phenoxy) is 1. The second-order valence-corrected chi connectivity index (χ2v) is 6.21. The number of hydrogen-bond donors (Lipinski definition) is 1. The maximum absolute atomic E-state index is 12.7. The van der Waals surface area contributed by atoms with Gasteiger partial charge in [0.25, 0.3) is 5.91 Å². The van der Waals surface area contributed by atoms with Crippen molar-refractivity contribution in [2.45, 2.75) is 18.7 Å². The Labute approximate surface area is 154 Å². The molecular formula is C17H16ClN5O3. The van der Waals surface area contributed by atoms with Gasteiger partial charge in [0.1, 0.15) is 13.2 Å². The van der Waals surface area contributed by atoms with Gasteiger partial charge in [0.05, 0.1) is 12.1 Å². The van der Waals surface area contributed by atoms with Crippen LogP contribution >= 0.6 is 11.6 Å². The topological polar surface area (TPSA) is 100 Å². The maximum Gasteiger partial charge on any atom is 0.257 e. The summed E-state index contributed by atoms with van der Waals surface area (Å²) in [6, 6.07) is 9.87. The van der Waals surface area contributed by atoms with Crippen LogP contribution in [-0.4, -0.2) is 46.3 Å². The number of rotatable bonds is 4. The fourth-order valence-electron chi connectivity index (χ4n) is 2.78. The van der Waals surface area contributed by atoms with Crippen molar-refractivity contribution in [1.29, 1.82) is 5.26 Å². The van der Waals surface area contributed by atoms with Crippen LogP contribution in [0.4, 0.5) is 5.82 Å². The Bertz CT molecular complexity index is 858. The van der Waals surface area contributed by atoms with Crippen molar-refractivity contribution in [1.82, 2.24) is 14.7 Å². The summed E-state index contributed by atoms with van der Waals surface area (Å²) in [5.41, 5.74) is 0.736. The smallest absolute Gasteiger partial charge is 0.257 e. The molecule has 0 saturated carbocycles. The van der Waals surface area contributed by atoms with Gasteiger partial charge in [-0.2, -0.15) is 10.4 Å². The van der Waals surface area contributed by atoms with Crippen LogP contribution in [0, 0.1) is 11.3 Å². The van der Waals surface area contributed by atoms with Crippen LogP contribution in [0.1, 0.15) is 11.6 Å². The number of aromatic nitrogens is 2. The quantitative estimate of drug-likeness (QED) is 0.877. The van der Waals surface area contributed by atoms with E-state index in [1.54, 1.807) is 43.6 Å². The van der Waals surface area contributed by atoms with E-state index >= 15 is 0 Å². The number of amides is 2. The lowest BCUT2D eigenvalue weighted by Gasteiger charge is -2.38. The summed E-state index contributed by atoms with van der Waals surface area (Å²) in [5.74, 6) is -0.331. The fraction of sp³-hybridized carbons (Fsp3) is 0.294. The van der Waals surface area contributed by atoms with E-state index in [2.05, 4.69) is 10.4 Å². The summed E-state index contributed by atoms with van der Waals surface area (Å²) >= 11 is 5.93. The zero-order chi connectivity index (χ0) is 18.7. The average molecular weight is 374 g/mol. The number of nitrogens with zero attached hydrogens (tertiary/aromatic N) is 4. The minimum atomic E-state index is -0.903. The van der Waals surface area contributed by atoms with Gasteiger partial charge in [0.15, 0.2) is 11.9 Å². The molecule has 0 spiro atoms. The van der Waals surface area contributed by atoms with Crippen molar-refractivity contribution in [2.24, 2.45) is 0 Å². The van der Waals surface area contributed by atoms with Gasteiger partial charge in [-0.15, -0.1) is 0 Å². The number of carbonyl (C=O) groups is 2. The predicted molar refractivity (Wildman–Crippen MR) is 93.2 cm³/mol. The predicted octanol–water partition coefficient (Wildman–Crippen LogP) is 1.60. The van der Waals surface area contributed by atoms with Crippen LogP contribution in [0.15, 0.2) is 36.5 Å². The number of likely N-dealkylation sites (N-methyl/N-ethyl adjacent to an activating group) is 1. The Morgan fingerprint density at radius 2 is 2.15 bits per heavy atom. The lowest BCUT2D eigenvalue weighted by atomic mass is 9.97. The first-order chi connectivity index (χ1) is 12.5. The van der Waals surface area contributed by atoms with E-state index in [0.717, 1.165) is 5.56 Å². The van der Waals surface area contributed by atoms with Gasteiger partial charge in [-0.3, -0.25) is 14.3 Å². The summed E-state index contributed by atoms with van der Waals surface area (Å²) in [5, 5.41) is 16.0. The van der Waals surface area contributed by atoms with Gasteiger partial charge in [-0.25, -0.2) is 0 Å². The minimum absolute atomic E-state index is 0.0838. The Kier molecular flexibility index (Phi) is 5.21. The number of benzene rings is 1. The summed E-state index contributed by atoms with van der Waals surface area (Å²) in [6.45, 7) is -0.0953. The highest BCUT2D eigenvalue weighted by Crippen LogP contribution is 2.30. The van der Waals surface area contributed by atoms with Gasteiger partial charge in [-0.1, -0.05) is 23.7 Å². The second-order valence-electron chi connectivity index (χ2n) is 5.78. The normalized spacial score (nSPS) is 19.9. The fourth-order valence-corrected chi connectivity index (χ4v) is 2.90. The highest BCUT2D eigenvalue weighted by molar-refractivity contribution is 6.30. The van der Waals surface area contributed by atoms with Crippen molar-refractivity contribution >= 4 is 29.2 Å². The lowest BCUT2D eigenvalue weighted by Crippen LogP contribution is -2.51. The summed E-state index contributed by atoms with van der Waals surface area (Å²) < 4.78 is 6.93. The molecule has 9 heteroatoms. The molecule has 1 aliphatic rings. The molecule has 8 nitrogen and oxygen atoms in total. The van der Waals surface area contributed by atoms with Crippen molar-refractivity contribution in [3.63, 3.8) is 0 Å². The number of nitrogens with one attached hydrogen (secondary N) is 1. The SMILES string of the molecule is CN1C(=O)COC(C(=O)Nc2ccn(CC#N)n2)C1c1ccc(Cl)cc1. The first-order valence-electron chi connectivity index (χ1n) is 7.83. The summed E-state index contributed by atoms with van der Waals surface area (Å²) in [4.78, 5) is 26.3. The van der Waals surface area contributed by atoms with Crippen molar-refractivity contribution in [2.75, 3.05) is 19.0 Å². The van der Waals surface area contributed by atoms with E-state index in [1.807, 2.05) is 6.07 Å². The number of hydrogen-bond acceptors (Lipinski definition) is 5. The van der Waals surface area contributed by atoms with Gasteiger partial charge in [-0.05, 0) is 17.7 Å². The molecule has 1 fully saturated rings. The first-order valence-corrected chi connectivity index (χ1v) is 8.21. The third-order valence-electron chi connectivity index (χ3n) is 4.08. The Morgan fingerprint density at radius 1 is 1.42 bits per heavy atom. The maximum atomic E-state index is 12.7. The number of nitriles is 1. The Hall–Kier alpha value is -2.89. The Balaban J connectivity index is 1.82. The molecular weight excluding hydrogens is 358 g/mol. The molecule has 1 aliphatic heterocycles. The van der Waals surface area contributed by atoms with Gasteiger partial charge < -0.3 is 15.0 Å². The second kappa shape index (κ2) is 7.56. The van der Waals surface area contributed by atoms with Crippen LogP contribution in [-0.2, 0) is 20.9 Å². The van der Waals surface area contributed by atoms with Crippen LogP contribution in [0.25, 0.3) is 0 Å². The zero-order valence-electron chi connectivity index (χ0n) is 13.9. The summed E-state index contributed by atoms with van der Waals surface area (Å²) in [7, 11) is 1.63. The highest BCUT2D eigenvalue weighted by atomic mass is 35.5. The average Bonchev–Trinajstić information content (AvgIpc) is 3.05. The molecule has 2 aromatic rings. The monoisotopic (exact) mass is 373 g/mol. The number of halogens is 1. The van der Waals surface area contributed by atoms with Crippen LogP contribution < -0.4 is 5.32 Å². The molecule has 0 radical (unpaired) electrons. The van der Waals surface area contributed by atoms with Crippen LogP contribution in [0.5, 0.6) is 0 Å². The molecule has 134 valence electrons. The molecule has 2 unspecified atom stereocenters. The van der Waals surface area contributed by atoms with E-state index in [9.17, 15) is 9.59 Å². The first kappa shape index (κ1) is 17.9. The molecule has 2 atom stereocenters. The molecule has 3 rings (SSSR count). The highest BCUT2D eigenvalue weighted by Gasteiger charge is 2.40. The van der Waals surface area contributed by atoms with Crippen LogP contribution in [0.3, 0.4) is 0 Å². The third-order valence-corrected chi connectivity index (χ3v) is 4.33. The molecule has 0 bridgehead atoms. The summed E-state index contributed by atoms with van der Waals surface area (Å²) in [6.07, 6.45) is 0.687. The molecule has 1 saturated heterocycles. The molecule has 1 aromatic carbocycles. The van der Waals surface area contributed by atoms with E-state index in [0.29, 0.717) is 10.8 Å². The van der Waals surface area contributed by atoms with Crippen LogP contribution in [0.2, 0.25) is 5.02 Å². The molecule has 1 N–H and O–H groups in total. The molecule has 2 heterocycles. The van der Waals surface area contributed by atoms with E-state index in [1.165, 1.54) is 9.58 Å². The molecule has 2 amide bonds.